The first kappa shape index (κ1) is 16.9. The number of hydrogen-bond donors (Lipinski definition) is 1. The van der Waals surface area contributed by atoms with Crippen LogP contribution in [0.25, 0.3) is 0 Å². The summed E-state index contributed by atoms with van der Waals surface area (Å²) < 4.78 is 27.5. The van der Waals surface area contributed by atoms with Gasteiger partial charge in [-0.05, 0) is 37.3 Å². The highest BCUT2D eigenvalue weighted by molar-refractivity contribution is 7.91. The van der Waals surface area contributed by atoms with Crippen LogP contribution in [0.5, 0.6) is 0 Å². The summed E-state index contributed by atoms with van der Waals surface area (Å²) in [4.78, 5) is 0.926. The van der Waals surface area contributed by atoms with Gasteiger partial charge in [-0.2, -0.15) is 4.31 Å². The van der Waals surface area contributed by atoms with Crippen molar-refractivity contribution in [1.29, 1.82) is 0 Å². The number of aliphatic hydroxyl groups is 1. The minimum absolute atomic E-state index is 0.0579. The summed E-state index contributed by atoms with van der Waals surface area (Å²) in [6, 6.07) is 3.49. The van der Waals surface area contributed by atoms with E-state index in [4.69, 9.17) is 5.11 Å². The van der Waals surface area contributed by atoms with Gasteiger partial charge < -0.3 is 5.11 Å². The van der Waals surface area contributed by atoms with Gasteiger partial charge in [0.2, 0.25) is 0 Å². The molecule has 1 aromatic heterocycles. The van der Waals surface area contributed by atoms with E-state index in [2.05, 4.69) is 6.92 Å². The zero-order valence-corrected chi connectivity index (χ0v) is 14.3. The minimum atomic E-state index is -3.35. The first-order chi connectivity index (χ1) is 10.1. The summed E-state index contributed by atoms with van der Waals surface area (Å²) in [5.41, 5.74) is 0. The van der Waals surface area contributed by atoms with Crippen LogP contribution in [0, 0.1) is 5.92 Å². The summed E-state index contributed by atoms with van der Waals surface area (Å²) in [6.07, 6.45) is 5.97. The predicted molar refractivity (Wildman–Crippen MR) is 86.1 cm³/mol. The second kappa shape index (κ2) is 7.72. The Hall–Kier alpha value is -0.430. The fraction of sp³-hybridized carbons (Fsp3) is 0.733. The summed E-state index contributed by atoms with van der Waals surface area (Å²) in [5.74, 6) is 0.670. The third kappa shape index (κ3) is 4.28. The molecule has 4 nitrogen and oxygen atoms in total. The standard InChI is InChI=1S/C15H25NO3S2/c1-2-4-13-5-3-10-16(11-8-13)21(18,19)15-7-6-14(20-15)9-12-17/h6-7,13,17H,2-5,8-12H2,1H3. The molecule has 0 spiro atoms. The van der Waals surface area contributed by atoms with E-state index in [0.29, 0.717) is 29.6 Å². The summed E-state index contributed by atoms with van der Waals surface area (Å²) in [5, 5.41) is 8.94. The van der Waals surface area contributed by atoms with Crippen molar-refractivity contribution < 1.29 is 13.5 Å². The Morgan fingerprint density at radius 1 is 1.33 bits per heavy atom. The second-order valence-corrected chi connectivity index (χ2v) is 9.02. The molecule has 21 heavy (non-hydrogen) atoms. The highest BCUT2D eigenvalue weighted by Crippen LogP contribution is 2.29. The van der Waals surface area contributed by atoms with Gasteiger partial charge in [0.15, 0.2) is 0 Å². The smallest absolute Gasteiger partial charge is 0.252 e. The topological polar surface area (TPSA) is 57.6 Å². The lowest BCUT2D eigenvalue weighted by molar-refractivity contribution is 0.300. The van der Waals surface area contributed by atoms with Gasteiger partial charge in [0.05, 0.1) is 0 Å². The van der Waals surface area contributed by atoms with Gasteiger partial charge in [0, 0.05) is 31.0 Å². The van der Waals surface area contributed by atoms with Crippen molar-refractivity contribution in [3.05, 3.63) is 17.0 Å². The van der Waals surface area contributed by atoms with Crippen LogP contribution in [-0.4, -0.2) is 37.5 Å². The third-order valence-electron chi connectivity index (χ3n) is 4.09. The van der Waals surface area contributed by atoms with Crippen molar-refractivity contribution in [1.82, 2.24) is 4.31 Å². The van der Waals surface area contributed by atoms with Crippen LogP contribution in [-0.2, 0) is 16.4 Å². The number of thiophene rings is 1. The fourth-order valence-electron chi connectivity index (χ4n) is 2.94. The Kier molecular flexibility index (Phi) is 6.22. The Bertz CT molecular complexity index is 539. The molecule has 1 aromatic rings. The van der Waals surface area contributed by atoms with E-state index >= 15 is 0 Å². The molecule has 0 radical (unpaired) electrons. The molecule has 1 unspecified atom stereocenters. The fourth-order valence-corrected chi connectivity index (χ4v) is 5.94. The lowest BCUT2D eigenvalue weighted by Gasteiger charge is -2.19. The van der Waals surface area contributed by atoms with Crippen molar-refractivity contribution >= 4 is 21.4 Å². The van der Waals surface area contributed by atoms with E-state index in [1.807, 2.05) is 6.07 Å². The molecular formula is C15H25NO3S2. The zero-order chi connectivity index (χ0) is 15.3. The van der Waals surface area contributed by atoms with Gasteiger partial charge >= 0.3 is 0 Å². The number of sulfonamides is 1. The molecule has 1 N–H and O–H groups in total. The van der Waals surface area contributed by atoms with Crippen LogP contribution >= 0.6 is 11.3 Å². The highest BCUT2D eigenvalue weighted by atomic mass is 32.2. The maximum Gasteiger partial charge on any atom is 0.252 e. The van der Waals surface area contributed by atoms with Crippen molar-refractivity contribution in [2.24, 2.45) is 5.92 Å². The van der Waals surface area contributed by atoms with E-state index in [0.717, 1.165) is 24.1 Å². The summed E-state index contributed by atoms with van der Waals surface area (Å²) >= 11 is 1.29. The van der Waals surface area contributed by atoms with Crippen molar-refractivity contribution in [2.75, 3.05) is 19.7 Å². The second-order valence-electron chi connectivity index (χ2n) is 5.68. The van der Waals surface area contributed by atoms with E-state index < -0.39 is 10.0 Å². The van der Waals surface area contributed by atoms with E-state index in [-0.39, 0.29) is 6.61 Å². The lowest BCUT2D eigenvalue weighted by atomic mass is 9.96. The Morgan fingerprint density at radius 3 is 2.86 bits per heavy atom. The zero-order valence-electron chi connectivity index (χ0n) is 12.6. The number of nitrogens with zero attached hydrogens (tertiary/aromatic N) is 1. The summed E-state index contributed by atoms with van der Waals surface area (Å²) in [7, 11) is -3.35. The van der Waals surface area contributed by atoms with Gasteiger partial charge in [0.25, 0.3) is 10.0 Å². The maximum atomic E-state index is 12.7. The highest BCUT2D eigenvalue weighted by Gasteiger charge is 2.28. The van der Waals surface area contributed by atoms with Gasteiger partial charge in [-0.3, -0.25) is 0 Å². The molecule has 2 heterocycles. The predicted octanol–water partition coefficient (Wildman–Crippen LogP) is 2.87. The average molecular weight is 332 g/mol. The molecular weight excluding hydrogens is 306 g/mol. The third-order valence-corrected chi connectivity index (χ3v) is 7.60. The van der Waals surface area contributed by atoms with Crippen molar-refractivity contribution in [2.45, 2.75) is 49.7 Å². The maximum absolute atomic E-state index is 12.7. The molecule has 1 fully saturated rings. The number of rotatable bonds is 6. The van der Waals surface area contributed by atoms with E-state index in [9.17, 15) is 8.42 Å². The monoisotopic (exact) mass is 331 g/mol. The number of hydrogen-bond acceptors (Lipinski definition) is 4. The van der Waals surface area contributed by atoms with Gasteiger partial charge in [-0.1, -0.05) is 19.8 Å². The SMILES string of the molecule is CCCC1CCCN(S(=O)(=O)c2ccc(CCO)s2)CC1. The molecule has 0 bridgehead atoms. The first-order valence-corrected chi connectivity index (χ1v) is 10.0. The molecule has 0 aromatic carbocycles. The molecule has 0 saturated carbocycles. The quantitative estimate of drug-likeness (QED) is 0.872. The van der Waals surface area contributed by atoms with Gasteiger partial charge in [0.1, 0.15) is 4.21 Å². The average Bonchev–Trinajstić information content (AvgIpc) is 2.79. The molecule has 0 amide bonds. The Morgan fingerprint density at radius 2 is 2.14 bits per heavy atom. The van der Waals surface area contributed by atoms with Crippen LogP contribution < -0.4 is 0 Å². The molecule has 1 atom stereocenters. The molecule has 1 saturated heterocycles. The molecule has 1 aliphatic rings. The first-order valence-electron chi connectivity index (χ1n) is 7.77. The molecule has 1 aliphatic heterocycles. The van der Waals surface area contributed by atoms with Crippen molar-refractivity contribution in [3.63, 3.8) is 0 Å². The lowest BCUT2D eigenvalue weighted by Crippen LogP contribution is -2.31. The van der Waals surface area contributed by atoms with Gasteiger partial charge in [-0.25, -0.2) is 8.42 Å². The normalized spacial score (nSPS) is 21.3. The Balaban J connectivity index is 2.07. The van der Waals surface area contributed by atoms with Crippen LogP contribution in [0.1, 0.15) is 43.9 Å². The van der Waals surface area contributed by atoms with E-state index in [1.54, 1.807) is 10.4 Å². The molecule has 120 valence electrons. The van der Waals surface area contributed by atoms with Crippen LogP contribution in [0.15, 0.2) is 16.3 Å². The summed E-state index contributed by atoms with van der Waals surface area (Å²) in [6.45, 7) is 3.52. The van der Waals surface area contributed by atoms with Crippen molar-refractivity contribution in [3.8, 4) is 0 Å². The van der Waals surface area contributed by atoms with Crippen LogP contribution in [0.3, 0.4) is 0 Å². The minimum Gasteiger partial charge on any atom is -0.396 e. The van der Waals surface area contributed by atoms with Gasteiger partial charge in [-0.15, -0.1) is 11.3 Å². The molecule has 6 heteroatoms. The molecule has 0 aliphatic carbocycles. The van der Waals surface area contributed by atoms with Crippen LogP contribution in [0.2, 0.25) is 0 Å². The van der Waals surface area contributed by atoms with E-state index in [1.165, 1.54) is 24.2 Å². The largest absolute Gasteiger partial charge is 0.396 e. The number of aliphatic hydroxyl groups excluding tert-OH is 1. The Labute approximate surface area is 131 Å². The molecule has 2 rings (SSSR count). The van der Waals surface area contributed by atoms with Crippen LogP contribution in [0.4, 0.5) is 0 Å².